The maximum absolute atomic E-state index is 10.4. The first-order chi connectivity index (χ1) is 4.75. The Morgan fingerprint density at radius 1 is 1.90 bits per heavy atom. The first-order valence-electron chi connectivity index (χ1n) is 3.24. The van der Waals surface area contributed by atoms with Gasteiger partial charge in [-0.15, -0.1) is 0 Å². The van der Waals surface area contributed by atoms with Crippen LogP contribution in [0.25, 0.3) is 0 Å². The third-order valence-electron chi connectivity index (χ3n) is 1.75. The van der Waals surface area contributed by atoms with Crippen LogP contribution in [0.4, 0.5) is 4.79 Å². The molecule has 0 aromatic rings. The predicted octanol–water partition coefficient (Wildman–Crippen LogP) is 1.10. The summed E-state index contributed by atoms with van der Waals surface area (Å²) in [5.41, 5.74) is 0. The van der Waals surface area contributed by atoms with E-state index in [1.165, 1.54) is 4.90 Å². The number of carbonyl (C=O) groups is 1. The van der Waals surface area contributed by atoms with Gasteiger partial charge in [-0.3, -0.25) is 0 Å². The quantitative estimate of drug-likeness (QED) is 0.659. The Hall–Kier alpha value is -0.380. The van der Waals surface area contributed by atoms with E-state index in [0.717, 1.165) is 18.7 Å². The zero-order valence-corrected chi connectivity index (χ0v) is 6.73. The lowest BCUT2D eigenvalue weighted by Gasteiger charge is -2.38. The summed E-state index contributed by atoms with van der Waals surface area (Å²) in [4.78, 5) is 11.9. The third kappa shape index (κ3) is 1.37. The van der Waals surface area contributed by atoms with Gasteiger partial charge in [0, 0.05) is 18.3 Å². The summed E-state index contributed by atoms with van der Waals surface area (Å²) in [6.07, 6.45) is 2.26. The number of likely N-dealkylation sites (tertiary alicyclic amines) is 1. The molecular formula is C6H11NO2S. The van der Waals surface area contributed by atoms with Gasteiger partial charge in [0.1, 0.15) is 0 Å². The van der Waals surface area contributed by atoms with Gasteiger partial charge in [0.25, 0.3) is 0 Å². The van der Waals surface area contributed by atoms with E-state index in [1.807, 2.05) is 6.26 Å². The van der Waals surface area contributed by atoms with E-state index < -0.39 is 6.09 Å². The van der Waals surface area contributed by atoms with Crippen molar-refractivity contribution >= 4 is 17.9 Å². The molecule has 0 aliphatic carbocycles. The molecule has 0 bridgehead atoms. The summed E-state index contributed by atoms with van der Waals surface area (Å²) in [6, 6.07) is 0.285. The Balaban J connectivity index is 2.28. The van der Waals surface area contributed by atoms with Crippen LogP contribution in [0.1, 0.15) is 6.42 Å². The van der Waals surface area contributed by atoms with Crippen molar-refractivity contribution in [2.75, 3.05) is 18.6 Å². The molecule has 58 valence electrons. The lowest BCUT2D eigenvalue weighted by Crippen LogP contribution is -2.51. The lowest BCUT2D eigenvalue weighted by atomic mass is 10.1. The Bertz CT molecular complexity index is 140. The molecule has 0 saturated carbocycles. The molecule has 1 aliphatic rings. The fourth-order valence-electron chi connectivity index (χ4n) is 1.06. The van der Waals surface area contributed by atoms with E-state index in [0.29, 0.717) is 0 Å². The first-order valence-corrected chi connectivity index (χ1v) is 4.63. The fourth-order valence-corrected chi connectivity index (χ4v) is 1.79. The zero-order valence-electron chi connectivity index (χ0n) is 5.91. The van der Waals surface area contributed by atoms with Crippen LogP contribution in [-0.4, -0.2) is 40.7 Å². The molecule has 1 atom stereocenters. The molecule has 3 nitrogen and oxygen atoms in total. The van der Waals surface area contributed by atoms with Crippen molar-refractivity contribution < 1.29 is 9.90 Å². The van der Waals surface area contributed by atoms with E-state index in [9.17, 15) is 4.79 Å². The highest BCUT2D eigenvalue weighted by Gasteiger charge is 2.30. The van der Waals surface area contributed by atoms with Crippen LogP contribution < -0.4 is 0 Å². The molecule has 1 heterocycles. The summed E-state index contributed by atoms with van der Waals surface area (Å²) >= 11 is 1.70. The number of amides is 1. The molecular weight excluding hydrogens is 150 g/mol. The van der Waals surface area contributed by atoms with Crippen molar-refractivity contribution in [1.29, 1.82) is 0 Å². The molecule has 1 saturated heterocycles. The summed E-state index contributed by atoms with van der Waals surface area (Å²) in [7, 11) is 0. The highest BCUT2D eigenvalue weighted by Crippen LogP contribution is 2.19. The number of thioether (sulfide) groups is 1. The van der Waals surface area contributed by atoms with Crippen LogP contribution in [0.5, 0.6) is 0 Å². The number of carboxylic acid groups (broad SMARTS) is 1. The summed E-state index contributed by atoms with van der Waals surface area (Å²) < 4.78 is 0. The molecule has 4 heteroatoms. The number of nitrogens with zero attached hydrogens (tertiary/aromatic N) is 1. The normalized spacial score (nSPS) is 24.1. The van der Waals surface area contributed by atoms with Crippen molar-refractivity contribution in [2.24, 2.45) is 0 Å². The number of hydrogen-bond acceptors (Lipinski definition) is 2. The number of hydrogen-bond donors (Lipinski definition) is 1. The molecule has 1 amide bonds. The van der Waals surface area contributed by atoms with E-state index in [1.54, 1.807) is 11.8 Å². The van der Waals surface area contributed by atoms with Gasteiger partial charge < -0.3 is 10.0 Å². The lowest BCUT2D eigenvalue weighted by molar-refractivity contribution is 0.0854. The van der Waals surface area contributed by atoms with Gasteiger partial charge in [-0.1, -0.05) is 0 Å². The average Bonchev–Trinajstić information content (AvgIpc) is 1.78. The largest absolute Gasteiger partial charge is 0.465 e. The maximum Gasteiger partial charge on any atom is 0.407 e. The van der Waals surface area contributed by atoms with Gasteiger partial charge >= 0.3 is 6.09 Å². The second-order valence-corrected chi connectivity index (χ2v) is 3.28. The van der Waals surface area contributed by atoms with Crippen molar-refractivity contribution in [3.8, 4) is 0 Å². The Morgan fingerprint density at radius 3 is 2.90 bits per heavy atom. The average molecular weight is 161 g/mol. The van der Waals surface area contributed by atoms with Gasteiger partial charge in [-0.25, -0.2) is 4.79 Å². The highest BCUT2D eigenvalue weighted by atomic mass is 32.2. The SMILES string of the molecule is CSC[C@@H]1CCN1C(=O)O. The molecule has 0 unspecified atom stereocenters. The molecule has 1 fully saturated rings. The Kier molecular flexibility index (Phi) is 2.43. The molecule has 1 N–H and O–H groups in total. The third-order valence-corrected chi connectivity index (χ3v) is 2.47. The minimum Gasteiger partial charge on any atom is -0.465 e. The monoisotopic (exact) mass is 161 g/mol. The van der Waals surface area contributed by atoms with E-state index in [4.69, 9.17) is 5.11 Å². The molecule has 0 spiro atoms. The van der Waals surface area contributed by atoms with Crippen LogP contribution in [0.2, 0.25) is 0 Å². The Morgan fingerprint density at radius 2 is 2.60 bits per heavy atom. The maximum atomic E-state index is 10.4. The van der Waals surface area contributed by atoms with Crippen LogP contribution in [0, 0.1) is 0 Å². The molecule has 0 radical (unpaired) electrons. The van der Waals surface area contributed by atoms with Crippen molar-refractivity contribution in [2.45, 2.75) is 12.5 Å². The summed E-state index contributed by atoms with van der Waals surface area (Å²) in [5.74, 6) is 0.937. The zero-order chi connectivity index (χ0) is 7.56. The first kappa shape index (κ1) is 7.72. The minimum absolute atomic E-state index is 0.285. The molecule has 1 rings (SSSR count). The van der Waals surface area contributed by atoms with Gasteiger partial charge in [-0.2, -0.15) is 11.8 Å². The standard InChI is InChI=1S/C6H11NO2S/c1-10-4-5-2-3-7(5)6(8)9/h5H,2-4H2,1H3,(H,8,9)/t5-/m0/s1. The fraction of sp³-hybridized carbons (Fsp3) is 0.833. The molecule has 1 aliphatic heterocycles. The van der Waals surface area contributed by atoms with Gasteiger partial charge in [0.2, 0.25) is 0 Å². The Labute approximate surface area is 64.4 Å². The second kappa shape index (κ2) is 3.14. The van der Waals surface area contributed by atoms with Crippen LogP contribution >= 0.6 is 11.8 Å². The van der Waals surface area contributed by atoms with Crippen LogP contribution in [-0.2, 0) is 0 Å². The van der Waals surface area contributed by atoms with Crippen LogP contribution in [0.15, 0.2) is 0 Å². The second-order valence-electron chi connectivity index (χ2n) is 2.37. The molecule has 0 aromatic heterocycles. The van der Waals surface area contributed by atoms with Crippen molar-refractivity contribution in [1.82, 2.24) is 4.90 Å². The van der Waals surface area contributed by atoms with Crippen molar-refractivity contribution in [3.63, 3.8) is 0 Å². The molecule has 0 aromatic carbocycles. The smallest absolute Gasteiger partial charge is 0.407 e. The topological polar surface area (TPSA) is 40.5 Å². The van der Waals surface area contributed by atoms with Gasteiger partial charge in [0.05, 0.1) is 0 Å². The predicted molar refractivity (Wildman–Crippen MR) is 41.5 cm³/mol. The van der Waals surface area contributed by atoms with Crippen LogP contribution in [0.3, 0.4) is 0 Å². The highest BCUT2D eigenvalue weighted by molar-refractivity contribution is 7.98. The summed E-state index contributed by atoms with van der Waals surface area (Å²) in [5, 5.41) is 8.55. The molecule has 10 heavy (non-hydrogen) atoms. The van der Waals surface area contributed by atoms with Crippen molar-refractivity contribution in [3.05, 3.63) is 0 Å². The summed E-state index contributed by atoms with van der Waals surface area (Å²) in [6.45, 7) is 0.723. The van der Waals surface area contributed by atoms with E-state index >= 15 is 0 Å². The van der Waals surface area contributed by atoms with E-state index in [-0.39, 0.29) is 6.04 Å². The van der Waals surface area contributed by atoms with Gasteiger partial charge in [0.15, 0.2) is 0 Å². The minimum atomic E-state index is -0.773. The number of rotatable bonds is 2. The van der Waals surface area contributed by atoms with Gasteiger partial charge in [-0.05, 0) is 12.7 Å². The van der Waals surface area contributed by atoms with E-state index in [2.05, 4.69) is 0 Å².